The molecule has 0 spiro atoms. The Morgan fingerprint density at radius 3 is 2.49 bits per heavy atom. The molecule has 2 aliphatic carbocycles. The first-order valence-electron chi connectivity index (χ1n) is 13.9. The van der Waals surface area contributed by atoms with Crippen molar-refractivity contribution in [3.05, 3.63) is 36.0 Å². The molecule has 2 fully saturated rings. The smallest absolute Gasteiger partial charge is 0.240 e. The van der Waals surface area contributed by atoms with Gasteiger partial charge in [0, 0.05) is 29.7 Å². The summed E-state index contributed by atoms with van der Waals surface area (Å²) in [5.41, 5.74) is 1.70. The van der Waals surface area contributed by atoms with Gasteiger partial charge in [-0.25, -0.2) is 0 Å². The van der Waals surface area contributed by atoms with Crippen LogP contribution >= 0.6 is 0 Å². The fraction of sp³-hybridized carbons (Fsp3) is 0.655. The van der Waals surface area contributed by atoms with Gasteiger partial charge in [-0.05, 0) is 56.1 Å². The number of carbonyl (C=O) groups is 2. The average Bonchev–Trinajstić information content (AvgIpc) is 3.27. The third-order valence-corrected chi connectivity index (χ3v) is 7.92. The molecule has 2 aliphatic rings. The minimum atomic E-state index is -0.635. The zero-order valence-electron chi connectivity index (χ0n) is 21.6. The van der Waals surface area contributed by atoms with Gasteiger partial charge in [0.05, 0.1) is 11.6 Å². The molecule has 1 aromatic heterocycles. The third kappa shape index (κ3) is 6.66. The number of benzene rings is 1. The van der Waals surface area contributed by atoms with E-state index in [1.165, 1.54) is 30.2 Å². The van der Waals surface area contributed by atoms with E-state index >= 15 is 0 Å². The van der Waals surface area contributed by atoms with E-state index in [4.69, 9.17) is 0 Å². The highest BCUT2D eigenvalue weighted by atomic mass is 16.2. The molecule has 0 saturated heterocycles. The number of fused-ring (bicyclic) bond motifs is 1. The van der Waals surface area contributed by atoms with E-state index in [0.29, 0.717) is 12.5 Å². The summed E-state index contributed by atoms with van der Waals surface area (Å²) in [4.78, 5) is 30.3. The number of carbonyl (C=O) groups excluding carboxylic acids is 2. The molecule has 2 amide bonds. The molecule has 6 nitrogen and oxygen atoms in total. The van der Waals surface area contributed by atoms with Gasteiger partial charge in [-0.3, -0.25) is 14.9 Å². The summed E-state index contributed by atoms with van der Waals surface area (Å²) < 4.78 is 0. The molecule has 4 N–H and O–H groups in total. The minimum Gasteiger partial charge on any atom is -0.361 e. The Labute approximate surface area is 210 Å². The highest BCUT2D eigenvalue weighted by Gasteiger charge is 2.43. The summed E-state index contributed by atoms with van der Waals surface area (Å²) in [6.45, 7) is 4.87. The van der Waals surface area contributed by atoms with Crippen LogP contribution in [0.25, 0.3) is 10.9 Å². The number of rotatable bonds is 10. The Balaban J connectivity index is 1.41. The number of aromatic amines is 1. The van der Waals surface area contributed by atoms with Crippen LogP contribution in [0.15, 0.2) is 30.5 Å². The second-order valence-corrected chi connectivity index (χ2v) is 11.2. The normalized spacial score (nSPS) is 19.5. The highest BCUT2D eigenvalue weighted by molar-refractivity contribution is 5.89. The van der Waals surface area contributed by atoms with E-state index in [1.54, 1.807) is 0 Å². The van der Waals surface area contributed by atoms with Gasteiger partial charge in [-0.15, -0.1) is 0 Å². The van der Waals surface area contributed by atoms with Crippen molar-refractivity contribution in [2.45, 2.75) is 109 Å². The monoisotopic (exact) mass is 480 g/mol. The van der Waals surface area contributed by atoms with E-state index in [1.807, 2.05) is 18.3 Å². The maximum atomic E-state index is 13.6. The predicted octanol–water partition coefficient (Wildman–Crippen LogP) is 4.98. The number of nitrogens with one attached hydrogen (secondary N) is 4. The van der Waals surface area contributed by atoms with Gasteiger partial charge in [-0.2, -0.15) is 0 Å². The quantitative estimate of drug-likeness (QED) is 0.387. The Morgan fingerprint density at radius 2 is 1.74 bits per heavy atom. The van der Waals surface area contributed by atoms with Crippen molar-refractivity contribution in [1.82, 2.24) is 20.9 Å². The first kappa shape index (κ1) is 25.7. The molecular weight excluding hydrogens is 436 g/mol. The average molecular weight is 481 g/mol. The summed E-state index contributed by atoms with van der Waals surface area (Å²) in [5, 5.41) is 11.4. The molecule has 192 valence electrons. The molecular formula is C29H44N4O2. The van der Waals surface area contributed by atoms with Crippen molar-refractivity contribution >= 4 is 22.7 Å². The van der Waals surface area contributed by atoms with Crippen LogP contribution in [0.4, 0.5) is 0 Å². The van der Waals surface area contributed by atoms with E-state index in [0.717, 1.165) is 63.3 Å². The second kappa shape index (κ2) is 12.1. The third-order valence-electron chi connectivity index (χ3n) is 7.92. The lowest BCUT2D eigenvalue weighted by molar-refractivity contribution is -0.132. The van der Waals surface area contributed by atoms with Gasteiger partial charge < -0.3 is 15.6 Å². The van der Waals surface area contributed by atoms with E-state index in [2.05, 4.69) is 46.9 Å². The Morgan fingerprint density at radius 1 is 1.03 bits per heavy atom. The lowest BCUT2D eigenvalue weighted by Crippen LogP contribution is -2.64. The molecule has 1 aromatic carbocycles. The van der Waals surface area contributed by atoms with Crippen molar-refractivity contribution in [2.24, 2.45) is 5.92 Å². The molecule has 4 rings (SSSR count). The molecule has 1 heterocycles. The van der Waals surface area contributed by atoms with Gasteiger partial charge >= 0.3 is 0 Å². The zero-order chi connectivity index (χ0) is 24.7. The van der Waals surface area contributed by atoms with Crippen molar-refractivity contribution in [3.63, 3.8) is 0 Å². The molecule has 2 saturated carbocycles. The van der Waals surface area contributed by atoms with E-state index in [-0.39, 0.29) is 23.9 Å². The Hall–Kier alpha value is -2.34. The molecule has 0 aliphatic heterocycles. The van der Waals surface area contributed by atoms with Crippen LogP contribution in [0.2, 0.25) is 0 Å². The molecule has 6 heteroatoms. The zero-order valence-corrected chi connectivity index (χ0v) is 21.6. The van der Waals surface area contributed by atoms with Crippen LogP contribution in [-0.4, -0.2) is 41.0 Å². The number of hydrogen-bond acceptors (Lipinski definition) is 3. The van der Waals surface area contributed by atoms with Crippen molar-refractivity contribution in [1.29, 1.82) is 0 Å². The lowest BCUT2D eigenvalue weighted by atomic mass is 9.79. The standard InChI is InChI=1S/C29H44N4O2/c1-21(2)19-26(27(34)30-18-15-22-20-31-25-14-8-7-13-24(22)25)33-29(16-9-4-10-17-29)28(35)32-23-11-5-3-6-12-23/h7-8,13-14,20-21,23,26,31,33H,3-6,9-12,15-19H2,1-2H3,(H,30,34)(H,32,35)/t26-/m0/s1. The highest BCUT2D eigenvalue weighted by Crippen LogP contribution is 2.31. The summed E-state index contributed by atoms with van der Waals surface area (Å²) in [6, 6.07) is 8.17. The van der Waals surface area contributed by atoms with E-state index < -0.39 is 5.54 Å². The maximum Gasteiger partial charge on any atom is 0.240 e. The predicted molar refractivity (Wildman–Crippen MR) is 142 cm³/mol. The Bertz CT molecular complexity index is 970. The summed E-state index contributed by atoms with van der Waals surface area (Å²) >= 11 is 0. The molecule has 0 unspecified atom stereocenters. The summed E-state index contributed by atoms with van der Waals surface area (Å²) in [6.07, 6.45) is 14.2. The van der Waals surface area contributed by atoms with Crippen molar-refractivity contribution in [2.75, 3.05) is 6.54 Å². The summed E-state index contributed by atoms with van der Waals surface area (Å²) in [7, 11) is 0. The SMILES string of the molecule is CC(C)C[C@H](NC1(C(=O)NC2CCCCC2)CCCCC1)C(=O)NCCc1c[nH]c2ccccc12. The van der Waals surface area contributed by atoms with Gasteiger partial charge in [0.2, 0.25) is 11.8 Å². The number of hydrogen-bond donors (Lipinski definition) is 4. The van der Waals surface area contributed by atoms with Crippen LogP contribution in [0.1, 0.15) is 90.0 Å². The molecule has 2 aromatic rings. The van der Waals surface area contributed by atoms with Crippen molar-refractivity contribution in [3.8, 4) is 0 Å². The molecule has 0 radical (unpaired) electrons. The van der Waals surface area contributed by atoms with Gasteiger partial charge in [-0.1, -0.05) is 70.6 Å². The van der Waals surface area contributed by atoms with Crippen LogP contribution in [0.3, 0.4) is 0 Å². The largest absolute Gasteiger partial charge is 0.361 e. The van der Waals surface area contributed by atoms with Crippen molar-refractivity contribution < 1.29 is 9.59 Å². The van der Waals surface area contributed by atoms with Gasteiger partial charge in [0.1, 0.15) is 0 Å². The first-order valence-corrected chi connectivity index (χ1v) is 13.9. The topological polar surface area (TPSA) is 86.0 Å². The molecule has 0 bridgehead atoms. The van der Waals surface area contributed by atoms with Gasteiger partial charge in [0.15, 0.2) is 0 Å². The van der Waals surface area contributed by atoms with Crippen LogP contribution < -0.4 is 16.0 Å². The minimum absolute atomic E-state index is 0.00829. The number of aromatic nitrogens is 1. The van der Waals surface area contributed by atoms with Crippen LogP contribution in [0.5, 0.6) is 0 Å². The van der Waals surface area contributed by atoms with Crippen LogP contribution in [0, 0.1) is 5.92 Å². The fourth-order valence-corrected chi connectivity index (χ4v) is 5.98. The molecule has 35 heavy (non-hydrogen) atoms. The lowest BCUT2D eigenvalue weighted by Gasteiger charge is -2.41. The molecule has 1 atom stereocenters. The van der Waals surface area contributed by atoms with E-state index in [9.17, 15) is 9.59 Å². The second-order valence-electron chi connectivity index (χ2n) is 11.2. The van der Waals surface area contributed by atoms with Crippen LogP contribution in [-0.2, 0) is 16.0 Å². The fourth-order valence-electron chi connectivity index (χ4n) is 5.98. The maximum absolute atomic E-state index is 13.6. The first-order chi connectivity index (χ1) is 17.0. The Kier molecular flexibility index (Phi) is 8.88. The summed E-state index contributed by atoms with van der Waals surface area (Å²) in [5.74, 6) is 0.479. The number of amides is 2. The number of H-pyrrole nitrogens is 1. The number of para-hydroxylation sites is 1. The van der Waals surface area contributed by atoms with Gasteiger partial charge in [0.25, 0.3) is 0 Å².